The van der Waals surface area contributed by atoms with Gasteiger partial charge in [-0.25, -0.2) is 0 Å². The van der Waals surface area contributed by atoms with Gasteiger partial charge in [0.05, 0.1) is 12.2 Å². The number of hydrogen-bond acceptors (Lipinski definition) is 5. The first-order chi connectivity index (χ1) is 14.3. The van der Waals surface area contributed by atoms with E-state index in [1.54, 1.807) is 11.6 Å². The molecule has 0 bridgehead atoms. The first-order valence-electron chi connectivity index (χ1n) is 9.57. The van der Waals surface area contributed by atoms with Crippen LogP contribution in [0.25, 0.3) is 0 Å². The maximum Gasteiger partial charge on any atom is 0.234 e. The molecule has 3 aromatic rings. The molecule has 0 saturated heterocycles. The smallest absolute Gasteiger partial charge is 0.234 e. The van der Waals surface area contributed by atoms with E-state index in [0.717, 1.165) is 28.1 Å². The Morgan fingerprint density at radius 1 is 0.933 bits per heavy atom. The lowest BCUT2D eigenvalue weighted by Crippen LogP contribution is -2.18. The third-order valence-electron chi connectivity index (χ3n) is 4.65. The van der Waals surface area contributed by atoms with E-state index in [4.69, 9.17) is 0 Å². The molecule has 0 atom stereocenters. The number of carbonyl (C=O) groups is 2. The molecule has 156 valence electrons. The van der Waals surface area contributed by atoms with Crippen molar-refractivity contribution in [2.75, 3.05) is 16.4 Å². The number of benzene rings is 2. The third kappa shape index (κ3) is 5.48. The lowest BCUT2D eigenvalue weighted by atomic mass is 10.1. The van der Waals surface area contributed by atoms with Crippen LogP contribution in [0.4, 0.5) is 11.4 Å². The topological polar surface area (TPSA) is 88.9 Å². The molecule has 0 aliphatic carbocycles. The number of nitrogens with one attached hydrogen (secondary N) is 2. The van der Waals surface area contributed by atoms with Crippen LogP contribution >= 0.6 is 11.8 Å². The maximum absolute atomic E-state index is 12.4. The summed E-state index contributed by atoms with van der Waals surface area (Å²) in [5, 5.41) is 14.6. The number of amides is 2. The van der Waals surface area contributed by atoms with Crippen molar-refractivity contribution in [2.24, 2.45) is 7.05 Å². The lowest BCUT2D eigenvalue weighted by molar-refractivity contribution is -0.116. The first kappa shape index (κ1) is 21.6. The highest BCUT2D eigenvalue weighted by molar-refractivity contribution is 7.99. The molecule has 0 aliphatic rings. The molecule has 0 spiro atoms. The predicted molar refractivity (Wildman–Crippen MR) is 120 cm³/mol. The second kappa shape index (κ2) is 9.58. The number of hydrogen-bond donors (Lipinski definition) is 2. The van der Waals surface area contributed by atoms with Crippen molar-refractivity contribution in [1.82, 2.24) is 14.8 Å². The largest absolute Gasteiger partial charge is 0.325 e. The van der Waals surface area contributed by atoms with Gasteiger partial charge in [0.25, 0.3) is 0 Å². The Morgan fingerprint density at radius 3 is 2.37 bits per heavy atom. The number of nitrogens with zero attached hydrogens (tertiary/aromatic N) is 3. The zero-order chi connectivity index (χ0) is 21.7. The van der Waals surface area contributed by atoms with Crippen molar-refractivity contribution < 1.29 is 9.59 Å². The van der Waals surface area contributed by atoms with Gasteiger partial charge in [-0.3, -0.25) is 9.59 Å². The molecule has 0 fully saturated rings. The molecular weight excluding hydrogens is 398 g/mol. The average Bonchev–Trinajstić information content (AvgIpc) is 3.04. The van der Waals surface area contributed by atoms with E-state index in [1.165, 1.54) is 11.8 Å². The average molecular weight is 424 g/mol. The zero-order valence-electron chi connectivity index (χ0n) is 17.5. The Bertz CT molecular complexity index is 1080. The highest BCUT2D eigenvalue weighted by atomic mass is 32.2. The van der Waals surface area contributed by atoms with Crippen LogP contribution in [-0.2, 0) is 23.1 Å². The second-order valence-corrected chi connectivity index (χ2v) is 8.10. The molecule has 7 nitrogen and oxygen atoms in total. The van der Waals surface area contributed by atoms with Crippen molar-refractivity contribution in [3.05, 3.63) is 65.0 Å². The van der Waals surface area contributed by atoms with Crippen LogP contribution in [0, 0.1) is 20.8 Å². The molecular formula is C22H25N5O2S. The van der Waals surface area contributed by atoms with Gasteiger partial charge in [-0.1, -0.05) is 47.7 Å². The Morgan fingerprint density at radius 2 is 1.63 bits per heavy atom. The molecule has 0 unspecified atom stereocenters. The lowest BCUT2D eigenvalue weighted by Gasteiger charge is -2.09. The number of thioether (sulfide) groups is 1. The molecule has 2 N–H and O–H groups in total. The van der Waals surface area contributed by atoms with Gasteiger partial charge in [0, 0.05) is 18.4 Å². The molecule has 0 aliphatic heterocycles. The van der Waals surface area contributed by atoms with Crippen LogP contribution in [0.15, 0.2) is 47.6 Å². The quantitative estimate of drug-likeness (QED) is 0.566. The van der Waals surface area contributed by atoms with E-state index in [-0.39, 0.29) is 24.0 Å². The fourth-order valence-corrected chi connectivity index (χ4v) is 3.68. The number of para-hydroxylation sites is 1. The van der Waals surface area contributed by atoms with E-state index in [1.807, 2.05) is 63.2 Å². The van der Waals surface area contributed by atoms with E-state index >= 15 is 0 Å². The number of carbonyl (C=O) groups excluding carboxylic acids is 2. The van der Waals surface area contributed by atoms with Gasteiger partial charge in [0.2, 0.25) is 11.8 Å². The predicted octanol–water partition coefficient (Wildman–Crippen LogP) is 3.65. The van der Waals surface area contributed by atoms with E-state index in [0.29, 0.717) is 11.0 Å². The number of rotatable bonds is 7. The minimum Gasteiger partial charge on any atom is -0.325 e. The summed E-state index contributed by atoms with van der Waals surface area (Å²) in [6, 6.07) is 13.5. The highest BCUT2D eigenvalue weighted by Gasteiger charge is 2.15. The Balaban J connectivity index is 1.55. The van der Waals surface area contributed by atoms with Gasteiger partial charge in [-0.2, -0.15) is 0 Å². The minimum atomic E-state index is -0.161. The molecule has 1 heterocycles. The molecule has 30 heavy (non-hydrogen) atoms. The minimum absolute atomic E-state index is 0.104. The van der Waals surface area contributed by atoms with Gasteiger partial charge < -0.3 is 15.2 Å². The SMILES string of the molecule is Cc1ccc(NC(=O)Cc2nnc(SCC(=O)Nc3ccccc3C)n2C)c(C)c1. The van der Waals surface area contributed by atoms with Gasteiger partial charge >= 0.3 is 0 Å². The molecule has 2 amide bonds. The summed E-state index contributed by atoms with van der Waals surface area (Å²) in [5.74, 6) is 0.464. The van der Waals surface area contributed by atoms with Crippen molar-refractivity contribution in [3.63, 3.8) is 0 Å². The molecule has 3 rings (SSSR count). The standard InChI is InChI=1S/C22H25N5O2S/c1-14-9-10-18(16(3)11-14)23-20(28)12-19-25-26-22(27(19)4)30-13-21(29)24-17-8-6-5-7-15(17)2/h5-11H,12-13H2,1-4H3,(H,23,28)(H,24,29). The molecule has 8 heteroatoms. The molecule has 0 radical (unpaired) electrons. The summed E-state index contributed by atoms with van der Waals surface area (Å²) >= 11 is 1.28. The summed E-state index contributed by atoms with van der Waals surface area (Å²) in [5.41, 5.74) is 4.75. The Kier molecular flexibility index (Phi) is 6.89. The van der Waals surface area contributed by atoms with E-state index in [2.05, 4.69) is 20.8 Å². The third-order valence-corrected chi connectivity index (χ3v) is 5.67. The monoisotopic (exact) mass is 423 g/mol. The number of aryl methyl sites for hydroxylation is 3. The van der Waals surface area contributed by atoms with Gasteiger partial charge in [0.1, 0.15) is 5.82 Å². The summed E-state index contributed by atoms with van der Waals surface area (Å²) in [7, 11) is 1.79. The molecule has 0 saturated carbocycles. The van der Waals surface area contributed by atoms with E-state index in [9.17, 15) is 9.59 Å². The summed E-state index contributed by atoms with van der Waals surface area (Å²) in [6.07, 6.45) is 0.104. The van der Waals surface area contributed by atoms with Crippen LogP contribution in [0.5, 0.6) is 0 Å². The summed E-state index contributed by atoms with van der Waals surface area (Å²) in [4.78, 5) is 24.7. The zero-order valence-corrected chi connectivity index (χ0v) is 18.3. The highest BCUT2D eigenvalue weighted by Crippen LogP contribution is 2.19. The maximum atomic E-state index is 12.4. The molecule has 2 aromatic carbocycles. The van der Waals surface area contributed by atoms with Crippen LogP contribution in [-0.4, -0.2) is 32.3 Å². The van der Waals surface area contributed by atoms with Crippen molar-refractivity contribution >= 4 is 35.0 Å². The van der Waals surface area contributed by atoms with Crippen LogP contribution in [0.1, 0.15) is 22.5 Å². The van der Waals surface area contributed by atoms with Gasteiger partial charge in [0.15, 0.2) is 5.16 Å². The Hall–Kier alpha value is -3.13. The number of aromatic nitrogens is 3. The van der Waals surface area contributed by atoms with Crippen molar-refractivity contribution in [3.8, 4) is 0 Å². The van der Waals surface area contributed by atoms with E-state index < -0.39 is 0 Å². The Labute approximate surface area is 180 Å². The van der Waals surface area contributed by atoms with Crippen LogP contribution < -0.4 is 10.6 Å². The van der Waals surface area contributed by atoms with Crippen LogP contribution in [0.2, 0.25) is 0 Å². The van der Waals surface area contributed by atoms with Crippen molar-refractivity contribution in [2.45, 2.75) is 32.3 Å². The number of anilines is 2. The summed E-state index contributed by atoms with van der Waals surface area (Å²) in [6.45, 7) is 5.92. The fourth-order valence-electron chi connectivity index (χ4n) is 2.95. The molecule has 1 aromatic heterocycles. The van der Waals surface area contributed by atoms with Gasteiger partial charge in [-0.15, -0.1) is 10.2 Å². The first-order valence-corrected chi connectivity index (χ1v) is 10.6. The van der Waals surface area contributed by atoms with Crippen molar-refractivity contribution in [1.29, 1.82) is 0 Å². The normalized spacial score (nSPS) is 10.7. The second-order valence-electron chi connectivity index (χ2n) is 7.15. The van der Waals surface area contributed by atoms with Crippen LogP contribution in [0.3, 0.4) is 0 Å². The fraction of sp³-hybridized carbons (Fsp3) is 0.273. The summed E-state index contributed by atoms with van der Waals surface area (Å²) < 4.78 is 1.74. The van der Waals surface area contributed by atoms with Gasteiger partial charge in [-0.05, 0) is 44.0 Å².